The van der Waals surface area contributed by atoms with Gasteiger partial charge in [0.05, 0.1) is 6.04 Å². The standard InChI is InChI=1S/C5H10N2O2S.ClH/c1-6-4-2-3-7-5(4)10(8)9;/h4,6-7H,2-3H2,1H3;1H. The highest BCUT2D eigenvalue weighted by Crippen LogP contribution is 1.97. The first kappa shape index (κ1) is 10.9. The molecular weight excluding hydrogens is 188 g/mol. The van der Waals surface area contributed by atoms with Crippen molar-refractivity contribution in [2.24, 2.45) is 0 Å². The van der Waals surface area contributed by atoms with Crippen LogP contribution in [0.3, 0.4) is 0 Å². The topological polar surface area (TPSA) is 58.2 Å². The summed E-state index contributed by atoms with van der Waals surface area (Å²) in [7, 11) is -0.323. The first-order chi connectivity index (χ1) is 4.75. The van der Waals surface area contributed by atoms with Crippen molar-refractivity contribution in [3.8, 4) is 0 Å². The van der Waals surface area contributed by atoms with Crippen LogP contribution in [0.5, 0.6) is 0 Å². The van der Waals surface area contributed by atoms with Gasteiger partial charge in [0.25, 0.3) is 0 Å². The summed E-state index contributed by atoms with van der Waals surface area (Å²) >= 11 is 0. The Balaban J connectivity index is 0.000001000. The van der Waals surface area contributed by atoms with Gasteiger partial charge in [-0.2, -0.15) is 8.42 Å². The quantitative estimate of drug-likeness (QED) is 0.531. The first-order valence-electron chi connectivity index (χ1n) is 3.13. The fraction of sp³-hybridized carbons (Fsp3) is 0.800. The summed E-state index contributed by atoms with van der Waals surface area (Å²) in [5.74, 6) is 0. The normalized spacial score (nSPS) is 23.0. The van der Waals surface area contributed by atoms with E-state index in [1.165, 1.54) is 0 Å². The second-order valence-electron chi connectivity index (χ2n) is 2.16. The smallest absolute Gasteiger partial charge is 0.229 e. The second kappa shape index (κ2) is 4.71. The Hall–Kier alpha value is -0.100. The summed E-state index contributed by atoms with van der Waals surface area (Å²) in [5.41, 5.74) is 0. The molecule has 0 aromatic heterocycles. The third-order valence-electron chi connectivity index (χ3n) is 1.58. The molecule has 2 N–H and O–H groups in total. The summed E-state index contributed by atoms with van der Waals surface area (Å²) in [6.45, 7) is 0.745. The van der Waals surface area contributed by atoms with Crippen LogP contribution in [0.1, 0.15) is 6.42 Å². The van der Waals surface area contributed by atoms with Crippen LogP contribution in [-0.2, 0) is 10.3 Å². The molecule has 66 valence electrons. The molecule has 0 aliphatic carbocycles. The lowest BCUT2D eigenvalue weighted by Gasteiger charge is -2.03. The fourth-order valence-corrected chi connectivity index (χ4v) is 1.73. The molecule has 0 spiro atoms. The van der Waals surface area contributed by atoms with Crippen molar-refractivity contribution in [2.75, 3.05) is 13.6 Å². The van der Waals surface area contributed by atoms with Gasteiger partial charge in [-0.15, -0.1) is 12.4 Å². The Labute approximate surface area is 73.3 Å². The van der Waals surface area contributed by atoms with Gasteiger partial charge in [-0.25, -0.2) is 0 Å². The molecule has 6 heteroatoms. The highest BCUT2D eigenvalue weighted by atomic mass is 35.5. The molecule has 1 atom stereocenters. The van der Waals surface area contributed by atoms with Crippen molar-refractivity contribution in [2.45, 2.75) is 12.5 Å². The monoisotopic (exact) mass is 198 g/mol. The van der Waals surface area contributed by atoms with E-state index in [2.05, 4.69) is 10.6 Å². The lowest BCUT2D eigenvalue weighted by molar-refractivity contribution is 0.625. The summed E-state index contributed by atoms with van der Waals surface area (Å²) in [5, 5.41) is 5.70. The van der Waals surface area contributed by atoms with Gasteiger partial charge < -0.3 is 5.32 Å². The molecule has 0 aromatic carbocycles. The molecule has 0 aromatic rings. The zero-order valence-electron chi connectivity index (χ0n) is 6.12. The van der Waals surface area contributed by atoms with Crippen molar-refractivity contribution in [1.82, 2.24) is 10.6 Å². The summed E-state index contributed by atoms with van der Waals surface area (Å²) in [6, 6.07) is -0.00154. The number of halogens is 1. The maximum absolute atomic E-state index is 10.4. The molecular formula is C5H11ClN2O2S. The van der Waals surface area contributed by atoms with Gasteiger partial charge in [-0.1, -0.05) is 0 Å². The third-order valence-corrected chi connectivity index (χ3v) is 2.36. The van der Waals surface area contributed by atoms with Crippen LogP contribution in [0, 0.1) is 0 Å². The summed E-state index contributed by atoms with van der Waals surface area (Å²) < 4.78 is 20.9. The van der Waals surface area contributed by atoms with Gasteiger partial charge in [-0.3, -0.25) is 5.32 Å². The molecule has 1 rings (SSSR count). The lowest BCUT2D eigenvalue weighted by atomic mass is 10.3. The first-order valence-corrected chi connectivity index (χ1v) is 4.20. The zero-order chi connectivity index (χ0) is 7.56. The van der Waals surface area contributed by atoms with E-state index in [0.717, 1.165) is 13.0 Å². The second-order valence-corrected chi connectivity index (χ2v) is 3.06. The van der Waals surface area contributed by atoms with E-state index < -0.39 is 10.3 Å². The van der Waals surface area contributed by atoms with Crippen LogP contribution >= 0.6 is 12.4 Å². The number of hydrogen-bond acceptors (Lipinski definition) is 3. The molecule has 0 bridgehead atoms. The van der Waals surface area contributed by atoms with Crippen molar-refractivity contribution in [3.63, 3.8) is 0 Å². The van der Waals surface area contributed by atoms with Gasteiger partial charge >= 0.3 is 0 Å². The minimum atomic E-state index is -2.08. The van der Waals surface area contributed by atoms with Crippen LogP contribution < -0.4 is 10.6 Å². The predicted molar refractivity (Wildman–Crippen MR) is 46.6 cm³/mol. The van der Waals surface area contributed by atoms with E-state index in [0.29, 0.717) is 4.99 Å². The van der Waals surface area contributed by atoms with E-state index in [1.54, 1.807) is 7.05 Å². The molecule has 1 heterocycles. The van der Waals surface area contributed by atoms with Gasteiger partial charge in [0.2, 0.25) is 10.3 Å². The van der Waals surface area contributed by atoms with Crippen LogP contribution in [0.2, 0.25) is 0 Å². The van der Waals surface area contributed by atoms with Crippen molar-refractivity contribution in [3.05, 3.63) is 0 Å². The van der Waals surface area contributed by atoms with Gasteiger partial charge in [-0.05, 0) is 13.5 Å². The van der Waals surface area contributed by atoms with Crippen LogP contribution in [0.25, 0.3) is 0 Å². The Bertz CT molecular complexity index is 241. The highest BCUT2D eigenvalue weighted by Gasteiger charge is 2.20. The Morgan fingerprint density at radius 1 is 1.64 bits per heavy atom. The van der Waals surface area contributed by atoms with Crippen molar-refractivity contribution in [1.29, 1.82) is 0 Å². The lowest BCUT2D eigenvalue weighted by Crippen LogP contribution is -2.34. The van der Waals surface area contributed by atoms with Crippen molar-refractivity contribution < 1.29 is 8.42 Å². The van der Waals surface area contributed by atoms with E-state index in [9.17, 15) is 8.42 Å². The Morgan fingerprint density at radius 3 is 2.64 bits per heavy atom. The number of likely N-dealkylation sites (N-methyl/N-ethyl adjacent to an activating group) is 1. The largest absolute Gasteiger partial charge is 0.311 e. The Morgan fingerprint density at radius 2 is 2.27 bits per heavy atom. The zero-order valence-corrected chi connectivity index (χ0v) is 7.76. The molecule has 4 nitrogen and oxygen atoms in total. The minimum absolute atomic E-state index is 0. The summed E-state index contributed by atoms with van der Waals surface area (Å²) in [6.07, 6.45) is 0.847. The van der Waals surface area contributed by atoms with Crippen LogP contribution in [-0.4, -0.2) is 33.0 Å². The molecule has 1 saturated heterocycles. The predicted octanol–water partition coefficient (Wildman–Crippen LogP) is -1.00. The highest BCUT2D eigenvalue weighted by molar-refractivity contribution is 7.73. The molecule has 0 saturated carbocycles. The Kier molecular flexibility index (Phi) is 4.67. The van der Waals surface area contributed by atoms with E-state index >= 15 is 0 Å². The van der Waals surface area contributed by atoms with Crippen LogP contribution in [0.4, 0.5) is 0 Å². The molecule has 0 amide bonds. The SMILES string of the molecule is CNC1CCNC1=S(=O)=O.Cl. The summed E-state index contributed by atoms with van der Waals surface area (Å²) in [4.78, 5) is 0.391. The number of nitrogens with one attached hydrogen (secondary N) is 2. The number of hydrogen-bond donors (Lipinski definition) is 2. The molecule has 0 radical (unpaired) electrons. The number of rotatable bonds is 1. The van der Waals surface area contributed by atoms with Crippen LogP contribution in [0.15, 0.2) is 0 Å². The van der Waals surface area contributed by atoms with Gasteiger partial charge in [0.1, 0.15) is 4.99 Å². The van der Waals surface area contributed by atoms with E-state index in [1.807, 2.05) is 0 Å². The molecule has 1 fully saturated rings. The fourth-order valence-electron chi connectivity index (χ4n) is 1.04. The molecule has 11 heavy (non-hydrogen) atoms. The average molecular weight is 199 g/mol. The van der Waals surface area contributed by atoms with E-state index in [4.69, 9.17) is 0 Å². The van der Waals surface area contributed by atoms with E-state index in [-0.39, 0.29) is 18.4 Å². The maximum Gasteiger partial charge on any atom is 0.229 e. The van der Waals surface area contributed by atoms with Gasteiger partial charge in [0, 0.05) is 6.54 Å². The van der Waals surface area contributed by atoms with Crippen molar-refractivity contribution >= 4 is 27.7 Å². The van der Waals surface area contributed by atoms with Gasteiger partial charge in [0.15, 0.2) is 0 Å². The maximum atomic E-state index is 10.4. The molecule has 1 unspecified atom stereocenters. The third kappa shape index (κ3) is 2.44. The minimum Gasteiger partial charge on any atom is -0.311 e. The molecule has 1 aliphatic rings. The molecule has 1 aliphatic heterocycles. The average Bonchev–Trinajstić information content (AvgIpc) is 2.33.